The Labute approximate surface area is 517 Å². The first-order chi connectivity index (χ1) is 41.0. The van der Waals surface area contributed by atoms with E-state index in [4.69, 9.17) is 14.2 Å². The van der Waals surface area contributed by atoms with Crippen molar-refractivity contribution in [2.45, 2.75) is 399 Å². The molecule has 0 saturated carbocycles. The molecule has 0 aliphatic rings. The summed E-state index contributed by atoms with van der Waals surface area (Å²) < 4.78 is 17.0. The fraction of sp³-hybridized carbons (Fsp3) is 0.831. The highest BCUT2D eigenvalue weighted by molar-refractivity contribution is 5.71. The van der Waals surface area contributed by atoms with Crippen LogP contribution in [0.2, 0.25) is 0 Å². The fourth-order valence-electron chi connectivity index (χ4n) is 11.0. The molecule has 0 N–H and O–H groups in total. The minimum absolute atomic E-state index is 0.0773. The Morgan fingerprint density at radius 1 is 0.241 bits per heavy atom. The Balaban J connectivity index is 4.29. The highest BCUT2D eigenvalue weighted by Crippen LogP contribution is 2.18. The van der Waals surface area contributed by atoms with E-state index in [2.05, 4.69) is 81.5 Å². The Hall–Kier alpha value is -2.89. The number of ether oxygens (including phenoxy) is 3. The molecule has 0 amide bonds. The zero-order valence-electron chi connectivity index (χ0n) is 55.7. The van der Waals surface area contributed by atoms with Crippen LogP contribution in [0, 0.1) is 0 Å². The molecule has 0 aromatic heterocycles. The number of esters is 3. The molecule has 0 aromatic carbocycles. The molecular formula is C77H140O6. The Kier molecular flexibility index (Phi) is 69.1. The summed E-state index contributed by atoms with van der Waals surface area (Å²) in [5.74, 6) is -0.869. The van der Waals surface area contributed by atoms with Gasteiger partial charge in [0.15, 0.2) is 6.10 Å². The Morgan fingerprint density at radius 2 is 0.434 bits per heavy atom. The van der Waals surface area contributed by atoms with Gasteiger partial charge in [-0.25, -0.2) is 0 Å². The van der Waals surface area contributed by atoms with Gasteiger partial charge in [-0.3, -0.25) is 14.4 Å². The van der Waals surface area contributed by atoms with E-state index in [1.807, 2.05) is 0 Å². The van der Waals surface area contributed by atoms with Gasteiger partial charge in [0.05, 0.1) is 0 Å². The molecule has 0 aliphatic heterocycles. The zero-order chi connectivity index (χ0) is 59.9. The minimum Gasteiger partial charge on any atom is -0.462 e. The fourth-order valence-corrected chi connectivity index (χ4v) is 11.0. The predicted octanol–water partition coefficient (Wildman–Crippen LogP) is 25.5. The lowest BCUT2D eigenvalue weighted by Crippen LogP contribution is -2.30. The molecule has 0 rings (SSSR count). The maximum atomic E-state index is 13.0. The van der Waals surface area contributed by atoms with Gasteiger partial charge in [0.2, 0.25) is 0 Å². The molecule has 0 spiro atoms. The first kappa shape index (κ1) is 80.1. The van der Waals surface area contributed by atoms with Crippen LogP contribution in [0.25, 0.3) is 0 Å². The summed E-state index contributed by atoms with van der Waals surface area (Å²) in [7, 11) is 0. The average Bonchev–Trinajstić information content (AvgIpc) is 3.49. The lowest BCUT2D eigenvalue weighted by molar-refractivity contribution is -0.167. The van der Waals surface area contributed by atoms with Gasteiger partial charge in [0, 0.05) is 19.3 Å². The van der Waals surface area contributed by atoms with E-state index in [1.165, 1.54) is 263 Å². The summed E-state index contributed by atoms with van der Waals surface area (Å²) in [4.78, 5) is 38.5. The lowest BCUT2D eigenvalue weighted by atomic mass is 10.0. The summed E-state index contributed by atoms with van der Waals surface area (Å²) >= 11 is 0. The van der Waals surface area contributed by atoms with E-state index < -0.39 is 6.10 Å². The van der Waals surface area contributed by atoms with E-state index in [1.54, 1.807) is 0 Å². The van der Waals surface area contributed by atoms with Gasteiger partial charge in [-0.2, -0.15) is 0 Å². The number of hydrogen-bond acceptors (Lipinski definition) is 6. The van der Waals surface area contributed by atoms with E-state index in [0.717, 1.165) is 89.9 Å². The molecule has 0 aromatic rings. The molecule has 0 radical (unpaired) electrons. The Bertz CT molecular complexity index is 1470. The summed E-state index contributed by atoms with van der Waals surface area (Å²) in [6.07, 6.45) is 92.5. The van der Waals surface area contributed by atoms with E-state index >= 15 is 0 Å². The molecule has 484 valence electrons. The van der Waals surface area contributed by atoms with Crippen molar-refractivity contribution < 1.29 is 28.6 Å². The molecule has 0 heterocycles. The third-order valence-electron chi connectivity index (χ3n) is 16.5. The third-order valence-corrected chi connectivity index (χ3v) is 16.5. The first-order valence-corrected chi connectivity index (χ1v) is 36.8. The average molecular weight is 1160 g/mol. The van der Waals surface area contributed by atoms with Crippen molar-refractivity contribution in [1.82, 2.24) is 0 Å². The standard InChI is InChI=1S/C77H140O6/c1-4-7-10-13-16-19-22-25-28-30-32-34-36-38-40-42-44-46-49-52-55-58-61-64-67-70-76(79)82-73-74(72-81-75(78)69-66-63-60-57-54-51-48-27-24-21-18-15-12-9-6-3)83-77(80)71-68-65-62-59-56-53-50-47-45-43-41-39-37-35-33-31-29-26-23-20-17-14-11-8-5-2/h18,21-22,25,27,30,32,36,38,48,74H,4-17,19-20,23-24,26,28-29,31,33-35,37,39-47,49-73H2,1-3H3/b21-18-,25-22-,32-30-,38-36-,48-27-. The van der Waals surface area contributed by atoms with Crippen molar-refractivity contribution in [2.75, 3.05) is 13.2 Å². The number of hydrogen-bond donors (Lipinski definition) is 0. The highest BCUT2D eigenvalue weighted by Gasteiger charge is 2.19. The lowest BCUT2D eigenvalue weighted by Gasteiger charge is -2.18. The molecule has 1 atom stereocenters. The molecule has 6 nitrogen and oxygen atoms in total. The smallest absolute Gasteiger partial charge is 0.306 e. The van der Waals surface area contributed by atoms with Crippen molar-refractivity contribution in [3.63, 3.8) is 0 Å². The number of unbranched alkanes of at least 4 members (excludes halogenated alkanes) is 47. The van der Waals surface area contributed by atoms with Gasteiger partial charge in [0.1, 0.15) is 13.2 Å². The van der Waals surface area contributed by atoms with Gasteiger partial charge in [0.25, 0.3) is 0 Å². The highest BCUT2D eigenvalue weighted by atomic mass is 16.6. The summed E-state index contributed by atoms with van der Waals surface area (Å²) in [6.45, 7) is 6.66. The second kappa shape index (κ2) is 71.6. The van der Waals surface area contributed by atoms with E-state index in [9.17, 15) is 14.4 Å². The second-order valence-electron chi connectivity index (χ2n) is 24.9. The SMILES string of the molecule is CCCCC/C=C\C/C=C\CCCCCCCC(=O)OCC(COC(=O)CCCCCCCCCCCC/C=C\C/C=C\C/C=C\CCCCCCC)OC(=O)CCCCCCCCCCCCCCCCCCCCCCCCCCC. The maximum Gasteiger partial charge on any atom is 0.306 e. The molecule has 1 unspecified atom stereocenters. The van der Waals surface area contributed by atoms with E-state index in [0.29, 0.717) is 19.3 Å². The Morgan fingerprint density at radius 3 is 0.699 bits per heavy atom. The van der Waals surface area contributed by atoms with Gasteiger partial charge < -0.3 is 14.2 Å². The van der Waals surface area contributed by atoms with Crippen LogP contribution in [0.1, 0.15) is 393 Å². The van der Waals surface area contributed by atoms with Crippen LogP contribution in [0.4, 0.5) is 0 Å². The minimum atomic E-state index is -0.782. The second-order valence-corrected chi connectivity index (χ2v) is 24.9. The van der Waals surface area contributed by atoms with Crippen LogP contribution in [-0.4, -0.2) is 37.2 Å². The van der Waals surface area contributed by atoms with Crippen LogP contribution in [0.15, 0.2) is 60.8 Å². The quantitative estimate of drug-likeness (QED) is 0.0261. The maximum absolute atomic E-state index is 13.0. The number of rotatable bonds is 68. The number of carbonyl (C=O) groups is 3. The summed E-state index contributed by atoms with van der Waals surface area (Å²) in [5.41, 5.74) is 0. The van der Waals surface area contributed by atoms with Crippen molar-refractivity contribution in [2.24, 2.45) is 0 Å². The molecular weight excluding hydrogens is 1020 g/mol. The predicted molar refractivity (Wildman–Crippen MR) is 362 cm³/mol. The molecule has 0 fully saturated rings. The first-order valence-electron chi connectivity index (χ1n) is 36.8. The van der Waals surface area contributed by atoms with Crippen molar-refractivity contribution in [3.05, 3.63) is 60.8 Å². The topological polar surface area (TPSA) is 78.9 Å². The van der Waals surface area contributed by atoms with Crippen LogP contribution < -0.4 is 0 Å². The van der Waals surface area contributed by atoms with Crippen molar-refractivity contribution in [1.29, 1.82) is 0 Å². The molecule has 6 heteroatoms. The number of carbonyl (C=O) groups excluding carboxylic acids is 3. The van der Waals surface area contributed by atoms with Crippen LogP contribution >= 0.6 is 0 Å². The van der Waals surface area contributed by atoms with Crippen molar-refractivity contribution in [3.8, 4) is 0 Å². The summed E-state index contributed by atoms with van der Waals surface area (Å²) in [6, 6.07) is 0. The largest absolute Gasteiger partial charge is 0.462 e. The third kappa shape index (κ3) is 69.8. The van der Waals surface area contributed by atoms with Crippen molar-refractivity contribution >= 4 is 17.9 Å². The molecule has 0 saturated heterocycles. The van der Waals surface area contributed by atoms with E-state index in [-0.39, 0.29) is 31.1 Å². The van der Waals surface area contributed by atoms with Gasteiger partial charge in [-0.15, -0.1) is 0 Å². The molecule has 0 aliphatic carbocycles. The van der Waals surface area contributed by atoms with Crippen LogP contribution in [-0.2, 0) is 28.6 Å². The van der Waals surface area contributed by atoms with Crippen LogP contribution in [0.3, 0.4) is 0 Å². The van der Waals surface area contributed by atoms with Crippen LogP contribution in [0.5, 0.6) is 0 Å². The molecule has 83 heavy (non-hydrogen) atoms. The van der Waals surface area contributed by atoms with Gasteiger partial charge >= 0.3 is 17.9 Å². The normalized spacial score (nSPS) is 12.4. The summed E-state index contributed by atoms with van der Waals surface area (Å²) in [5, 5.41) is 0. The molecule has 0 bridgehead atoms. The zero-order valence-corrected chi connectivity index (χ0v) is 55.7. The number of allylic oxidation sites excluding steroid dienone is 10. The van der Waals surface area contributed by atoms with Gasteiger partial charge in [-0.1, -0.05) is 345 Å². The van der Waals surface area contributed by atoms with Gasteiger partial charge in [-0.05, 0) is 89.9 Å². The monoisotopic (exact) mass is 1160 g/mol.